The van der Waals surface area contributed by atoms with Crippen molar-refractivity contribution in [1.29, 1.82) is 0 Å². The molecule has 0 atom stereocenters. The van der Waals surface area contributed by atoms with E-state index in [1.807, 2.05) is 0 Å². The fourth-order valence-electron chi connectivity index (χ4n) is 1.39. The lowest BCUT2D eigenvalue weighted by molar-refractivity contribution is 0.269. The molecule has 0 unspecified atom stereocenters. The van der Waals surface area contributed by atoms with Crippen LogP contribution in [0, 0.1) is 11.6 Å². The van der Waals surface area contributed by atoms with Crippen LogP contribution in [0.2, 0.25) is 0 Å². The third kappa shape index (κ3) is 1.05. The van der Waals surface area contributed by atoms with E-state index in [1.54, 1.807) is 0 Å². The molecule has 0 N–H and O–H groups in total. The van der Waals surface area contributed by atoms with Crippen LogP contribution in [0.25, 0.3) is 0 Å². The fourth-order valence-corrected chi connectivity index (χ4v) is 1.39. The third-order valence-corrected chi connectivity index (χ3v) is 1.97. The molecule has 0 bridgehead atoms. The van der Waals surface area contributed by atoms with Crippen LogP contribution in [-0.2, 0) is 6.42 Å². The number of hydrogen-bond acceptors (Lipinski definition) is 1. The summed E-state index contributed by atoms with van der Waals surface area (Å²) in [6.07, 6.45) is 1.33. The smallest absolute Gasteiger partial charge is 0.165 e. The van der Waals surface area contributed by atoms with Crippen LogP contribution in [0.15, 0.2) is 12.1 Å². The van der Waals surface area contributed by atoms with Crippen molar-refractivity contribution in [3.05, 3.63) is 29.3 Å². The zero-order valence-electron chi connectivity index (χ0n) is 6.44. The summed E-state index contributed by atoms with van der Waals surface area (Å²) >= 11 is 0. The van der Waals surface area contributed by atoms with E-state index in [9.17, 15) is 8.78 Å². The lowest BCUT2D eigenvalue weighted by Crippen LogP contribution is -2.11. The molecule has 0 amide bonds. The maximum atomic E-state index is 13.0. The SMILES string of the molecule is Fc1ccc(F)c2c1CCCO2. The van der Waals surface area contributed by atoms with E-state index < -0.39 is 5.82 Å². The molecule has 2 rings (SSSR count). The highest BCUT2D eigenvalue weighted by Gasteiger charge is 2.18. The molecule has 1 aliphatic rings. The van der Waals surface area contributed by atoms with Crippen molar-refractivity contribution in [3.63, 3.8) is 0 Å². The molecule has 1 aromatic carbocycles. The standard InChI is InChI=1S/C9H8F2O/c10-7-3-4-8(11)9-6(7)2-1-5-12-9/h3-4H,1-2,5H2. The zero-order chi connectivity index (χ0) is 8.55. The van der Waals surface area contributed by atoms with Crippen molar-refractivity contribution in [2.24, 2.45) is 0 Å². The second-order valence-corrected chi connectivity index (χ2v) is 2.79. The first-order valence-corrected chi connectivity index (χ1v) is 3.89. The van der Waals surface area contributed by atoms with Crippen LogP contribution >= 0.6 is 0 Å². The Morgan fingerprint density at radius 3 is 2.67 bits per heavy atom. The molecule has 0 aliphatic carbocycles. The second-order valence-electron chi connectivity index (χ2n) is 2.79. The van der Waals surface area contributed by atoms with Gasteiger partial charge in [0.15, 0.2) is 11.6 Å². The van der Waals surface area contributed by atoms with Gasteiger partial charge in [-0.1, -0.05) is 0 Å². The molecule has 64 valence electrons. The number of ether oxygens (including phenoxy) is 1. The van der Waals surface area contributed by atoms with Crippen molar-refractivity contribution >= 4 is 0 Å². The predicted octanol–water partition coefficient (Wildman–Crippen LogP) is 2.29. The molecule has 0 saturated heterocycles. The van der Waals surface area contributed by atoms with Gasteiger partial charge in [0.2, 0.25) is 0 Å². The van der Waals surface area contributed by atoms with E-state index >= 15 is 0 Å². The normalized spacial score (nSPS) is 15.2. The molecule has 1 aromatic rings. The van der Waals surface area contributed by atoms with Gasteiger partial charge in [0, 0.05) is 5.56 Å². The van der Waals surface area contributed by atoms with Gasteiger partial charge in [0.05, 0.1) is 6.61 Å². The van der Waals surface area contributed by atoms with Gasteiger partial charge < -0.3 is 4.74 Å². The van der Waals surface area contributed by atoms with Gasteiger partial charge in [0.1, 0.15) is 5.82 Å². The van der Waals surface area contributed by atoms with Gasteiger partial charge >= 0.3 is 0 Å². The Bertz CT molecular complexity index is 279. The summed E-state index contributed by atoms with van der Waals surface area (Å²) in [5.41, 5.74) is 0.376. The van der Waals surface area contributed by atoms with Crippen LogP contribution in [-0.4, -0.2) is 6.61 Å². The van der Waals surface area contributed by atoms with E-state index in [1.165, 1.54) is 0 Å². The first-order chi connectivity index (χ1) is 5.79. The van der Waals surface area contributed by atoms with Crippen molar-refractivity contribution in [1.82, 2.24) is 0 Å². The van der Waals surface area contributed by atoms with E-state index in [-0.39, 0.29) is 11.6 Å². The van der Waals surface area contributed by atoms with E-state index in [4.69, 9.17) is 4.74 Å². The highest BCUT2D eigenvalue weighted by atomic mass is 19.1. The Kier molecular flexibility index (Phi) is 1.71. The van der Waals surface area contributed by atoms with Crippen LogP contribution in [0.5, 0.6) is 5.75 Å². The first-order valence-electron chi connectivity index (χ1n) is 3.89. The molecule has 0 aromatic heterocycles. The maximum Gasteiger partial charge on any atom is 0.165 e. The van der Waals surface area contributed by atoms with E-state index in [0.29, 0.717) is 18.6 Å². The highest BCUT2D eigenvalue weighted by Crippen LogP contribution is 2.29. The summed E-state index contributed by atoms with van der Waals surface area (Å²) < 4.78 is 31.0. The Balaban J connectivity index is 2.57. The lowest BCUT2D eigenvalue weighted by atomic mass is 10.1. The topological polar surface area (TPSA) is 9.23 Å². The summed E-state index contributed by atoms with van der Waals surface area (Å²) in [5.74, 6) is -0.738. The minimum atomic E-state index is -0.467. The molecule has 0 saturated carbocycles. The Morgan fingerprint density at radius 1 is 1.17 bits per heavy atom. The van der Waals surface area contributed by atoms with Crippen molar-refractivity contribution in [2.45, 2.75) is 12.8 Å². The Labute approximate surface area is 69.0 Å². The van der Waals surface area contributed by atoms with Gasteiger partial charge in [-0.3, -0.25) is 0 Å². The summed E-state index contributed by atoms with van der Waals surface area (Å²) in [7, 11) is 0. The van der Waals surface area contributed by atoms with Crippen molar-refractivity contribution in [3.8, 4) is 5.75 Å². The average Bonchev–Trinajstić information content (AvgIpc) is 2.12. The molecule has 1 aliphatic heterocycles. The fraction of sp³-hybridized carbons (Fsp3) is 0.333. The number of halogens is 2. The quantitative estimate of drug-likeness (QED) is 0.580. The molecule has 12 heavy (non-hydrogen) atoms. The first kappa shape index (κ1) is 7.53. The molecule has 0 spiro atoms. The number of rotatable bonds is 0. The third-order valence-electron chi connectivity index (χ3n) is 1.97. The van der Waals surface area contributed by atoms with Gasteiger partial charge in [-0.2, -0.15) is 0 Å². The minimum absolute atomic E-state index is 0.0984. The Morgan fingerprint density at radius 2 is 1.92 bits per heavy atom. The molecule has 1 heterocycles. The molecular weight excluding hydrogens is 162 g/mol. The molecule has 3 heteroatoms. The summed E-state index contributed by atoms with van der Waals surface area (Å²) in [6.45, 7) is 0.480. The largest absolute Gasteiger partial charge is 0.490 e. The van der Waals surface area contributed by atoms with Gasteiger partial charge in [-0.15, -0.1) is 0 Å². The number of hydrogen-bond donors (Lipinski definition) is 0. The molecule has 1 nitrogen and oxygen atoms in total. The van der Waals surface area contributed by atoms with E-state index in [0.717, 1.165) is 18.6 Å². The van der Waals surface area contributed by atoms with Crippen LogP contribution < -0.4 is 4.74 Å². The monoisotopic (exact) mass is 170 g/mol. The van der Waals surface area contributed by atoms with Gasteiger partial charge in [0.25, 0.3) is 0 Å². The minimum Gasteiger partial charge on any atom is -0.490 e. The van der Waals surface area contributed by atoms with Crippen molar-refractivity contribution in [2.75, 3.05) is 6.61 Å². The average molecular weight is 170 g/mol. The van der Waals surface area contributed by atoms with Crippen LogP contribution in [0.4, 0.5) is 8.78 Å². The maximum absolute atomic E-state index is 13.0. The summed E-state index contributed by atoms with van der Waals surface area (Å²) in [4.78, 5) is 0. The number of fused-ring (bicyclic) bond motifs is 1. The highest BCUT2D eigenvalue weighted by molar-refractivity contribution is 5.37. The van der Waals surface area contributed by atoms with Crippen LogP contribution in [0.1, 0.15) is 12.0 Å². The lowest BCUT2D eigenvalue weighted by Gasteiger charge is -2.17. The van der Waals surface area contributed by atoms with Crippen molar-refractivity contribution < 1.29 is 13.5 Å². The van der Waals surface area contributed by atoms with Crippen LogP contribution in [0.3, 0.4) is 0 Å². The second kappa shape index (κ2) is 2.73. The Hall–Kier alpha value is -1.12. The summed E-state index contributed by atoms with van der Waals surface area (Å²) in [6, 6.07) is 2.24. The molecule has 0 fully saturated rings. The molecular formula is C9H8F2O. The van der Waals surface area contributed by atoms with Gasteiger partial charge in [-0.25, -0.2) is 8.78 Å². The zero-order valence-corrected chi connectivity index (χ0v) is 6.44. The predicted molar refractivity (Wildman–Crippen MR) is 40.2 cm³/mol. The van der Waals surface area contributed by atoms with Gasteiger partial charge in [-0.05, 0) is 25.0 Å². The summed E-state index contributed by atoms with van der Waals surface area (Å²) in [5, 5.41) is 0. The van der Waals surface area contributed by atoms with E-state index in [2.05, 4.69) is 0 Å². The number of benzene rings is 1. The molecule has 0 radical (unpaired) electrons.